The summed E-state index contributed by atoms with van der Waals surface area (Å²) in [5.41, 5.74) is -0.671. The van der Waals surface area contributed by atoms with E-state index >= 15 is 0 Å². The van der Waals surface area contributed by atoms with Crippen LogP contribution in [0.15, 0.2) is 17.5 Å². The number of hydrogen-bond donors (Lipinski definition) is 2. The summed E-state index contributed by atoms with van der Waals surface area (Å²) in [4.78, 5) is 13.1. The first-order chi connectivity index (χ1) is 9.57. The zero-order chi connectivity index (χ0) is 14.4. The van der Waals surface area contributed by atoms with Crippen LogP contribution >= 0.6 is 11.3 Å². The van der Waals surface area contributed by atoms with Crippen molar-refractivity contribution in [2.75, 3.05) is 6.54 Å². The van der Waals surface area contributed by atoms with Crippen LogP contribution in [0.1, 0.15) is 50.3 Å². The Morgan fingerprint density at radius 2 is 2.25 bits per heavy atom. The number of rotatable bonds is 6. The molecule has 0 saturated heterocycles. The van der Waals surface area contributed by atoms with Crippen LogP contribution in [-0.4, -0.2) is 23.2 Å². The smallest absolute Gasteiger partial charge is 0.220 e. The summed E-state index contributed by atoms with van der Waals surface area (Å²) in [6.45, 7) is 2.64. The van der Waals surface area contributed by atoms with Gasteiger partial charge in [-0.2, -0.15) is 0 Å². The number of aliphatic hydroxyl groups is 1. The molecule has 0 atom stereocenters. The molecule has 1 saturated carbocycles. The third kappa shape index (κ3) is 4.91. The van der Waals surface area contributed by atoms with Crippen molar-refractivity contribution in [3.63, 3.8) is 0 Å². The summed E-state index contributed by atoms with van der Waals surface area (Å²) in [6.07, 6.45) is 6.13. The van der Waals surface area contributed by atoms with Gasteiger partial charge in [0.2, 0.25) is 5.91 Å². The Kier molecular flexibility index (Phi) is 5.61. The number of thiophene rings is 1. The van der Waals surface area contributed by atoms with Crippen LogP contribution in [0.5, 0.6) is 0 Å². The molecule has 1 aliphatic rings. The fourth-order valence-electron chi connectivity index (χ4n) is 2.71. The lowest BCUT2D eigenvalue weighted by Crippen LogP contribution is -2.45. The fourth-order valence-corrected chi connectivity index (χ4v) is 3.46. The van der Waals surface area contributed by atoms with E-state index in [2.05, 4.69) is 23.7 Å². The highest BCUT2D eigenvalue weighted by atomic mass is 32.1. The van der Waals surface area contributed by atoms with Gasteiger partial charge in [-0.25, -0.2) is 0 Å². The number of carbonyl (C=O) groups excluding carboxylic acids is 1. The third-order valence-corrected chi connectivity index (χ3v) is 5.16. The molecule has 0 radical (unpaired) electrons. The van der Waals surface area contributed by atoms with Crippen molar-refractivity contribution >= 4 is 17.2 Å². The Labute approximate surface area is 125 Å². The van der Waals surface area contributed by atoms with Gasteiger partial charge in [0.15, 0.2) is 0 Å². The molecule has 1 aromatic heterocycles. The van der Waals surface area contributed by atoms with Gasteiger partial charge in [-0.3, -0.25) is 4.79 Å². The van der Waals surface area contributed by atoms with E-state index in [1.807, 2.05) is 6.07 Å². The minimum absolute atomic E-state index is 0.0635. The van der Waals surface area contributed by atoms with Crippen molar-refractivity contribution in [1.29, 1.82) is 0 Å². The number of carbonyl (C=O) groups is 1. The summed E-state index contributed by atoms with van der Waals surface area (Å²) in [5, 5.41) is 15.4. The molecule has 1 aliphatic carbocycles. The lowest BCUT2D eigenvalue weighted by Gasteiger charge is -2.34. The molecule has 2 rings (SSSR count). The molecule has 1 amide bonds. The van der Waals surface area contributed by atoms with Crippen LogP contribution in [0, 0.1) is 5.92 Å². The number of aryl methyl sites for hydroxylation is 1. The van der Waals surface area contributed by atoms with Crippen LogP contribution < -0.4 is 5.32 Å². The minimum Gasteiger partial charge on any atom is -0.388 e. The van der Waals surface area contributed by atoms with E-state index in [9.17, 15) is 9.90 Å². The van der Waals surface area contributed by atoms with Crippen LogP contribution in [0.2, 0.25) is 0 Å². The lowest BCUT2D eigenvalue weighted by atomic mass is 9.79. The monoisotopic (exact) mass is 295 g/mol. The first kappa shape index (κ1) is 15.5. The van der Waals surface area contributed by atoms with Crippen LogP contribution in [0.3, 0.4) is 0 Å². The predicted octanol–water partition coefficient (Wildman–Crippen LogP) is 3.13. The molecule has 0 bridgehead atoms. The quantitative estimate of drug-likeness (QED) is 0.847. The van der Waals surface area contributed by atoms with Gasteiger partial charge >= 0.3 is 0 Å². The number of amides is 1. The largest absolute Gasteiger partial charge is 0.388 e. The van der Waals surface area contributed by atoms with E-state index in [1.165, 1.54) is 4.88 Å². The van der Waals surface area contributed by atoms with E-state index in [0.717, 1.165) is 38.5 Å². The molecule has 1 heterocycles. The van der Waals surface area contributed by atoms with Gasteiger partial charge < -0.3 is 10.4 Å². The first-order valence-electron chi connectivity index (χ1n) is 7.59. The second-order valence-corrected chi connectivity index (χ2v) is 7.15. The van der Waals surface area contributed by atoms with Crippen molar-refractivity contribution in [3.8, 4) is 0 Å². The Balaban J connectivity index is 1.62. The highest BCUT2D eigenvalue weighted by molar-refractivity contribution is 7.09. The molecule has 1 aromatic rings. The highest BCUT2D eigenvalue weighted by Crippen LogP contribution is 2.31. The standard InChI is InChI=1S/C16H25NO2S/c1-13-7-9-16(19,10-8-13)12-17-15(18)6-2-4-14-5-3-11-20-14/h3,5,11,13,19H,2,4,6-10,12H2,1H3,(H,17,18). The van der Waals surface area contributed by atoms with Crippen molar-refractivity contribution in [2.24, 2.45) is 5.92 Å². The van der Waals surface area contributed by atoms with Crippen LogP contribution in [0.4, 0.5) is 0 Å². The van der Waals surface area contributed by atoms with Crippen molar-refractivity contribution in [1.82, 2.24) is 5.32 Å². The maximum atomic E-state index is 11.8. The zero-order valence-electron chi connectivity index (χ0n) is 12.2. The van der Waals surface area contributed by atoms with Gasteiger partial charge in [0, 0.05) is 17.8 Å². The molecule has 112 valence electrons. The van der Waals surface area contributed by atoms with E-state index in [4.69, 9.17) is 0 Å². The summed E-state index contributed by atoms with van der Waals surface area (Å²) in [5.74, 6) is 0.769. The minimum atomic E-state index is -0.671. The Morgan fingerprint density at radius 3 is 2.90 bits per heavy atom. The molecule has 3 nitrogen and oxygen atoms in total. The molecule has 0 unspecified atom stereocenters. The van der Waals surface area contributed by atoms with Gasteiger partial charge in [0.1, 0.15) is 0 Å². The van der Waals surface area contributed by atoms with Crippen molar-refractivity contribution < 1.29 is 9.90 Å². The average Bonchev–Trinajstić information content (AvgIpc) is 2.94. The fraction of sp³-hybridized carbons (Fsp3) is 0.688. The lowest BCUT2D eigenvalue weighted by molar-refractivity contribution is -0.122. The average molecular weight is 295 g/mol. The van der Waals surface area contributed by atoms with Crippen LogP contribution in [0.25, 0.3) is 0 Å². The molecule has 0 spiro atoms. The molecule has 20 heavy (non-hydrogen) atoms. The van der Waals surface area contributed by atoms with E-state index < -0.39 is 5.60 Å². The topological polar surface area (TPSA) is 49.3 Å². The maximum absolute atomic E-state index is 11.8. The van der Waals surface area contributed by atoms with Crippen LogP contribution in [-0.2, 0) is 11.2 Å². The highest BCUT2D eigenvalue weighted by Gasteiger charge is 2.31. The SMILES string of the molecule is CC1CCC(O)(CNC(=O)CCCc2cccs2)CC1. The zero-order valence-corrected chi connectivity index (χ0v) is 13.0. The maximum Gasteiger partial charge on any atom is 0.220 e. The second kappa shape index (κ2) is 7.23. The molecule has 2 N–H and O–H groups in total. The Morgan fingerprint density at radius 1 is 1.50 bits per heavy atom. The van der Waals surface area contributed by atoms with Gasteiger partial charge in [-0.05, 0) is 55.9 Å². The van der Waals surface area contributed by atoms with Gasteiger partial charge in [0.05, 0.1) is 5.60 Å². The molecular weight excluding hydrogens is 270 g/mol. The third-order valence-electron chi connectivity index (χ3n) is 4.23. The first-order valence-corrected chi connectivity index (χ1v) is 8.47. The van der Waals surface area contributed by atoms with Gasteiger partial charge in [-0.15, -0.1) is 11.3 Å². The Hall–Kier alpha value is -0.870. The van der Waals surface area contributed by atoms with E-state index in [1.54, 1.807) is 11.3 Å². The van der Waals surface area contributed by atoms with Crippen molar-refractivity contribution in [2.45, 2.75) is 57.5 Å². The molecule has 4 heteroatoms. The Bertz CT molecular complexity index is 408. The van der Waals surface area contributed by atoms with E-state index in [-0.39, 0.29) is 5.91 Å². The number of hydrogen-bond acceptors (Lipinski definition) is 3. The summed E-state index contributed by atoms with van der Waals surface area (Å²) < 4.78 is 0. The summed E-state index contributed by atoms with van der Waals surface area (Å²) in [7, 11) is 0. The van der Waals surface area contributed by atoms with Gasteiger partial charge in [0.25, 0.3) is 0 Å². The summed E-state index contributed by atoms with van der Waals surface area (Å²) >= 11 is 1.74. The normalized spacial score (nSPS) is 26.4. The molecule has 1 fully saturated rings. The van der Waals surface area contributed by atoms with Gasteiger partial charge in [-0.1, -0.05) is 13.0 Å². The molecule has 0 aliphatic heterocycles. The molecule has 0 aromatic carbocycles. The second-order valence-electron chi connectivity index (χ2n) is 6.12. The van der Waals surface area contributed by atoms with E-state index in [0.29, 0.717) is 18.9 Å². The number of nitrogens with one attached hydrogen (secondary N) is 1. The predicted molar refractivity (Wildman–Crippen MR) is 82.8 cm³/mol. The summed E-state index contributed by atoms with van der Waals surface area (Å²) in [6, 6.07) is 4.15. The molecular formula is C16H25NO2S. The van der Waals surface area contributed by atoms with Crippen molar-refractivity contribution in [3.05, 3.63) is 22.4 Å².